The van der Waals surface area contributed by atoms with Crippen LogP contribution in [0.2, 0.25) is 0 Å². The molecule has 4 nitrogen and oxygen atoms in total. The van der Waals surface area contributed by atoms with Crippen LogP contribution in [0.4, 0.5) is 0 Å². The van der Waals surface area contributed by atoms with Crippen molar-refractivity contribution in [3.8, 4) is 0 Å². The van der Waals surface area contributed by atoms with Gasteiger partial charge in [0.1, 0.15) is 0 Å². The predicted octanol–water partition coefficient (Wildman–Crippen LogP) is 1.70. The van der Waals surface area contributed by atoms with Crippen molar-refractivity contribution >= 4 is 6.41 Å². The Morgan fingerprint density at radius 3 is 2.71 bits per heavy atom. The summed E-state index contributed by atoms with van der Waals surface area (Å²) >= 11 is 0. The fraction of sp³-hybridized carbons (Fsp3) is 0.462. The summed E-state index contributed by atoms with van der Waals surface area (Å²) in [5.41, 5.74) is 7.17. The number of benzene rings is 1. The van der Waals surface area contributed by atoms with E-state index in [-0.39, 0.29) is 5.60 Å². The van der Waals surface area contributed by atoms with Crippen molar-refractivity contribution in [2.24, 2.45) is 5.73 Å². The van der Waals surface area contributed by atoms with Gasteiger partial charge in [-0.2, -0.15) is 0 Å². The largest absolute Gasteiger partial charge is 0.349 e. The highest BCUT2D eigenvalue weighted by Crippen LogP contribution is 2.22. The lowest BCUT2D eigenvalue weighted by Crippen LogP contribution is -2.31. The molecule has 1 aromatic carbocycles. The summed E-state index contributed by atoms with van der Waals surface area (Å²) in [7, 11) is 0. The van der Waals surface area contributed by atoms with Gasteiger partial charge in [-0.3, -0.25) is 4.79 Å². The first-order valence-corrected chi connectivity index (χ1v) is 5.62. The third kappa shape index (κ3) is 4.54. The molecule has 0 bridgehead atoms. The van der Waals surface area contributed by atoms with Crippen molar-refractivity contribution in [1.29, 1.82) is 0 Å². The fourth-order valence-electron chi connectivity index (χ4n) is 1.50. The number of rotatable bonds is 5. The van der Waals surface area contributed by atoms with Gasteiger partial charge in [0, 0.05) is 12.1 Å². The molecule has 94 valence electrons. The molecule has 3 N–H and O–H groups in total. The third-order valence-electron chi connectivity index (χ3n) is 2.18. The maximum Gasteiger partial charge on any atom is 0.209 e. The number of ether oxygens (including phenoxy) is 1. The van der Waals surface area contributed by atoms with Gasteiger partial charge in [0.25, 0.3) is 0 Å². The number of amides is 1. The lowest BCUT2D eigenvalue weighted by molar-refractivity contribution is -0.120. The number of nitrogens with one attached hydrogen (secondary N) is 1. The summed E-state index contributed by atoms with van der Waals surface area (Å²) in [5.74, 6) is 0. The van der Waals surface area contributed by atoms with Crippen LogP contribution in [0.15, 0.2) is 24.3 Å². The minimum atomic E-state index is -0.445. The Balaban J connectivity index is 2.92. The topological polar surface area (TPSA) is 64.3 Å². The van der Waals surface area contributed by atoms with Gasteiger partial charge >= 0.3 is 0 Å². The van der Waals surface area contributed by atoms with E-state index < -0.39 is 6.23 Å². The molecule has 1 aromatic rings. The monoisotopic (exact) mass is 236 g/mol. The van der Waals surface area contributed by atoms with Crippen molar-refractivity contribution < 1.29 is 9.53 Å². The molecule has 4 heteroatoms. The van der Waals surface area contributed by atoms with E-state index in [1.54, 1.807) is 0 Å². The van der Waals surface area contributed by atoms with E-state index in [1.165, 1.54) is 0 Å². The maximum atomic E-state index is 10.6. The molecule has 0 fully saturated rings. The van der Waals surface area contributed by atoms with Crippen LogP contribution in [0.1, 0.15) is 38.1 Å². The van der Waals surface area contributed by atoms with E-state index in [9.17, 15) is 4.79 Å². The first-order chi connectivity index (χ1) is 7.96. The standard InChI is InChI=1S/C13H20N2O2/c1-13(2,3)17-12(15-9-16)11-6-4-5-10(7-11)8-14/h4-7,9,12H,8,14H2,1-3H3,(H,15,16). The zero-order valence-corrected chi connectivity index (χ0v) is 10.6. The van der Waals surface area contributed by atoms with Gasteiger partial charge in [0.2, 0.25) is 6.41 Å². The smallest absolute Gasteiger partial charge is 0.209 e. The molecule has 0 heterocycles. The Morgan fingerprint density at radius 2 is 2.18 bits per heavy atom. The molecule has 0 aliphatic carbocycles. The molecule has 0 aliphatic rings. The molecule has 1 atom stereocenters. The second-order valence-electron chi connectivity index (χ2n) is 4.84. The second-order valence-corrected chi connectivity index (χ2v) is 4.84. The zero-order valence-electron chi connectivity index (χ0n) is 10.6. The normalized spacial score (nSPS) is 13.2. The lowest BCUT2D eigenvalue weighted by Gasteiger charge is -2.27. The van der Waals surface area contributed by atoms with E-state index in [2.05, 4.69) is 5.32 Å². The molecular formula is C13H20N2O2. The molecule has 0 spiro atoms. The SMILES string of the molecule is CC(C)(C)OC(NC=O)c1cccc(CN)c1. The number of carbonyl (C=O) groups excluding carboxylic acids is 1. The van der Waals surface area contributed by atoms with Crippen LogP contribution in [0.25, 0.3) is 0 Å². The van der Waals surface area contributed by atoms with Crippen molar-refractivity contribution in [3.05, 3.63) is 35.4 Å². The molecule has 0 saturated carbocycles. The van der Waals surface area contributed by atoms with Crippen molar-refractivity contribution in [2.45, 2.75) is 39.1 Å². The summed E-state index contributed by atoms with van der Waals surface area (Å²) in [6.45, 7) is 6.30. The quantitative estimate of drug-likeness (QED) is 0.604. The summed E-state index contributed by atoms with van der Waals surface area (Å²) < 4.78 is 5.78. The summed E-state index contributed by atoms with van der Waals surface area (Å²) in [6.07, 6.45) is 0.199. The molecule has 0 radical (unpaired) electrons. The molecule has 17 heavy (non-hydrogen) atoms. The van der Waals surface area contributed by atoms with Crippen LogP contribution in [0.5, 0.6) is 0 Å². The van der Waals surface area contributed by atoms with Gasteiger partial charge in [-0.15, -0.1) is 0 Å². The predicted molar refractivity (Wildman–Crippen MR) is 67.1 cm³/mol. The fourth-order valence-corrected chi connectivity index (χ4v) is 1.50. The van der Waals surface area contributed by atoms with Crippen LogP contribution in [-0.4, -0.2) is 12.0 Å². The Bertz CT molecular complexity index is 372. The molecule has 0 saturated heterocycles. The molecule has 1 rings (SSSR count). The van der Waals surface area contributed by atoms with E-state index in [1.807, 2.05) is 45.0 Å². The van der Waals surface area contributed by atoms with Gasteiger partial charge in [-0.25, -0.2) is 0 Å². The Morgan fingerprint density at radius 1 is 1.47 bits per heavy atom. The summed E-state index contributed by atoms with van der Waals surface area (Å²) in [4.78, 5) is 10.6. The van der Waals surface area contributed by atoms with E-state index in [4.69, 9.17) is 10.5 Å². The van der Waals surface area contributed by atoms with Gasteiger partial charge in [0.05, 0.1) is 5.60 Å². The third-order valence-corrected chi connectivity index (χ3v) is 2.18. The Labute approximate surface area is 102 Å². The molecule has 1 unspecified atom stereocenters. The first kappa shape index (κ1) is 13.7. The molecular weight excluding hydrogens is 216 g/mol. The highest BCUT2D eigenvalue weighted by Gasteiger charge is 2.19. The molecule has 0 aliphatic heterocycles. The molecule has 0 aromatic heterocycles. The van der Waals surface area contributed by atoms with Crippen LogP contribution in [-0.2, 0) is 16.1 Å². The summed E-state index contributed by atoms with van der Waals surface area (Å²) in [5, 5.41) is 2.66. The van der Waals surface area contributed by atoms with Gasteiger partial charge in [-0.05, 0) is 26.3 Å². The summed E-state index contributed by atoms with van der Waals surface area (Å²) in [6, 6.07) is 7.70. The van der Waals surface area contributed by atoms with Gasteiger partial charge < -0.3 is 15.8 Å². The van der Waals surface area contributed by atoms with E-state index in [0.29, 0.717) is 13.0 Å². The van der Waals surface area contributed by atoms with Crippen LogP contribution >= 0.6 is 0 Å². The van der Waals surface area contributed by atoms with E-state index >= 15 is 0 Å². The van der Waals surface area contributed by atoms with Gasteiger partial charge in [0.15, 0.2) is 6.23 Å². The Hall–Kier alpha value is -1.39. The van der Waals surface area contributed by atoms with Crippen LogP contribution in [0, 0.1) is 0 Å². The van der Waals surface area contributed by atoms with Crippen LogP contribution < -0.4 is 11.1 Å². The lowest BCUT2D eigenvalue weighted by atomic mass is 10.1. The van der Waals surface area contributed by atoms with Crippen LogP contribution in [0.3, 0.4) is 0 Å². The number of carbonyl (C=O) groups is 1. The Kier molecular flexibility index (Phi) is 4.66. The highest BCUT2D eigenvalue weighted by molar-refractivity contribution is 5.47. The first-order valence-electron chi connectivity index (χ1n) is 5.62. The average Bonchev–Trinajstić information content (AvgIpc) is 2.27. The number of nitrogens with two attached hydrogens (primary N) is 1. The second kappa shape index (κ2) is 5.80. The van der Waals surface area contributed by atoms with Crippen molar-refractivity contribution in [3.63, 3.8) is 0 Å². The highest BCUT2D eigenvalue weighted by atomic mass is 16.5. The van der Waals surface area contributed by atoms with Gasteiger partial charge in [-0.1, -0.05) is 24.3 Å². The number of hydrogen-bond acceptors (Lipinski definition) is 3. The van der Waals surface area contributed by atoms with E-state index in [0.717, 1.165) is 11.1 Å². The zero-order chi connectivity index (χ0) is 12.9. The minimum Gasteiger partial charge on any atom is -0.349 e. The average molecular weight is 236 g/mol. The number of hydrogen-bond donors (Lipinski definition) is 2. The molecule has 1 amide bonds. The maximum absolute atomic E-state index is 10.6. The van der Waals surface area contributed by atoms with Crippen molar-refractivity contribution in [2.75, 3.05) is 0 Å². The minimum absolute atomic E-state index is 0.334. The van der Waals surface area contributed by atoms with Crippen molar-refractivity contribution in [1.82, 2.24) is 5.32 Å².